The van der Waals surface area contributed by atoms with E-state index in [1.807, 2.05) is 4.68 Å². The third-order valence-electron chi connectivity index (χ3n) is 3.96. The third kappa shape index (κ3) is 3.04. The summed E-state index contributed by atoms with van der Waals surface area (Å²) in [5, 5.41) is 7.83. The molecule has 0 bridgehead atoms. The van der Waals surface area contributed by atoms with Crippen LogP contribution in [0.4, 0.5) is 0 Å². The number of hydrogen-bond donors (Lipinski definition) is 1. The molecule has 4 nitrogen and oxygen atoms in total. The van der Waals surface area contributed by atoms with Crippen molar-refractivity contribution in [3.05, 3.63) is 12.2 Å². The fourth-order valence-electron chi connectivity index (χ4n) is 2.94. The van der Waals surface area contributed by atoms with Crippen molar-refractivity contribution >= 4 is 11.6 Å². The van der Waals surface area contributed by atoms with Gasteiger partial charge in [-0.05, 0) is 25.7 Å². The summed E-state index contributed by atoms with van der Waals surface area (Å²) in [7, 11) is 0. The number of hydrogen-bond acceptors (Lipinski definition) is 3. The van der Waals surface area contributed by atoms with Crippen LogP contribution in [-0.4, -0.2) is 26.2 Å². The van der Waals surface area contributed by atoms with Crippen LogP contribution in [0, 0.1) is 5.92 Å². The van der Waals surface area contributed by atoms with Gasteiger partial charge in [-0.2, -0.15) is 5.10 Å². The van der Waals surface area contributed by atoms with Crippen molar-refractivity contribution in [3.8, 4) is 0 Å². The van der Waals surface area contributed by atoms with Crippen LogP contribution in [0.3, 0.4) is 0 Å². The minimum Gasteiger partial charge on any atom is -0.303 e. The highest BCUT2D eigenvalue weighted by Gasteiger charge is 2.33. The van der Waals surface area contributed by atoms with Crippen LogP contribution in [0.1, 0.15) is 45.4 Å². The van der Waals surface area contributed by atoms with E-state index in [1.165, 1.54) is 19.3 Å². The van der Waals surface area contributed by atoms with Crippen LogP contribution in [-0.2, 0) is 13.1 Å². The summed E-state index contributed by atoms with van der Waals surface area (Å²) >= 11 is 6.21. The Morgan fingerprint density at radius 2 is 2.44 bits per heavy atom. The molecule has 1 aromatic heterocycles. The van der Waals surface area contributed by atoms with Crippen LogP contribution in [0.2, 0.25) is 0 Å². The lowest BCUT2D eigenvalue weighted by Gasteiger charge is -2.39. The number of aryl methyl sites for hydroxylation is 1. The van der Waals surface area contributed by atoms with Gasteiger partial charge in [-0.1, -0.05) is 19.8 Å². The molecule has 18 heavy (non-hydrogen) atoms. The van der Waals surface area contributed by atoms with Gasteiger partial charge in [0.15, 0.2) is 0 Å². The molecule has 0 aliphatic heterocycles. The smallest absolute Gasteiger partial charge is 0.140 e. The topological polar surface area (TPSA) is 42.7 Å². The Kier molecular flexibility index (Phi) is 4.62. The van der Waals surface area contributed by atoms with Crippen molar-refractivity contribution in [3.63, 3.8) is 0 Å². The summed E-state index contributed by atoms with van der Waals surface area (Å²) in [5.74, 6) is 2.44. The van der Waals surface area contributed by atoms with Crippen LogP contribution >= 0.6 is 11.6 Å². The number of halogens is 1. The van der Waals surface area contributed by atoms with Crippen molar-refractivity contribution in [1.82, 2.24) is 20.1 Å². The quantitative estimate of drug-likeness (QED) is 0.837. The Labute approximate surface area is 114 Å². The Morgan fingerprint density at radius 1 is 1.61 bits per heavy atom. The molecule has 1 N–H and O–H groups in total. The van der Waals surface area contributed by atoms with Gasteiger partial charge in [-0.25, -0.2) is 9.67 Å². The van der Waals surface area contributed by atoms with E-state index < -0.39 is 0 Å². The van der Waals surface area contributed by atoms with Crippen LogP contribution < -0.4 is 5.32 Å². The predicted molar refractivity (Wildman–Crippen MR) is 73.6 cm³/mol. The lowest BCUT2D eigenvalue weighted by atomic mass is 9.77. The van der Waals surface area contributed by atoms with Crippen molar-refractivity contribution in [2.24, 2.45) is 5.92 Å². The van der Waals surface area contributed by atoms with Crippen LogP contribution in [0.25, 0.3) is 0 Å². The van der Waals surface area contributed by atoms with Gasteiger partial charge in [0.2, 0.25) is 0 Å². The van der Waals surface area contributed by atoms with Gasteiger partial charge in [0, 0.05) is 18.0 Å². The highest BCUT2D eigenvalue weighted by atomic mass is 35.5. The fraction of sp³-hybridized carbons (Fsp3) is 0.846. The average molecular weight is 271 g/mol. The molecule has 0 amide bonds. The van der Waals surface area contributed by atoms with E-state index in [1.54, 1.807) is 6.33 Å². The standard InChI is InChI=1S/C13H23ClN4/c1-3-18-12(15-10-17-18)8-16-13(9-14)6-4-5-11(2)7-13/h10-11,16H,3-9H2,1-2H3. The summed E-state index contributed by atoms with van der Waals surface area (Å²) in [6.07, 6.45) is 6.54. The lowest BCUT2D eigenvalue weighted by Crippen LogP contribution is -2.50. The molecule has 0 spiro atoms. The molecular weight excluding hydrogens is 248 g/mol. The average Bonchev–Trinajstić information content (AvgIpc) is 2.84. The third-order valence-corrected chi connectivity index (χ3v) is 4.48. The molecule has 2 unspecified atom stereocenters. The summed E-state index contributed by atoms with van der Waals surface area (Å²) in [4.78, 5) is 4.30. The van der Waals surface area contributed by atoms with E-state index in [-0.39, 0.29) is 5.54 Å². The molecule has 1 aromatic rings. The summed E-state index contributed by atoms with van der Waals surface area (Å²) in [5.41, 5.74) is 0.0870. The van der Waals surface area contributed by atoms with Gasteiger partial charge >= 0.3 is 0 Å². The molecule has 1 heterocycles. The van der Waals surface area contributed by atoms with Crippen molar-refractivity contribution in [2.75, 3.05) is 5.88 Å². The fourth-order valence-corrected chi connectivity index (χ4v) is 3.28. The molecule has 2 rings (SSSR count). The number of alkyl halides is 1. The summed E-state index contributed by atoms with van der Waals surface area (Å²) in [6.45, 7) is 6.02. The summed E-state index contributed by atoms with van der Waals surface area (Å²) in [6, 6.07) is 0. The highest BCUT2D eigenvalue weighted by Crippen LogP contribution is 2.33. The maximum absolute atomic E-state index is 6.21. The second kappa shape index (κ2) is 6.02. The number of nitrogens with one attached hydrogen (secondary N) is 1. The van der Waals surface area contributed by atoms with Crippen LogP contribution in [0.5, 0.6) is 0 Å². The van der Waals surface area contributed by atoms with E-state index in [0.29, 0.717) is 5.88 Å². The van der Waals surface area contributed by atoms with Crippen molar-refractivity contribution in [2.45, 2.75) is 58.2 Å². The molecule has 5 heteroatoms. The zero-order valence-corrected chi connectivity index (χ0v) is 12.1. The van der Waals surface area contributed by atoms with Crippen molar-refractivity contribution < 1.29 is 0 Å². The SMILES string of the molecule is CCn1ncnc1CNC1(CCl)CCCC(C)C1. The molecule has 1 saturated carbocycles. The zero-order valence-electron chi connectivity index (χ0n) is 11.3. The van der Waals surface area contributed by atoms with E-state index >= 15 is 0 Å². The molecule has 1 fully saturated rings. The molecule has 1 aliphatic carbocycles. The Morgan fingerprint density at radius 3 is 3.11 bits per heavy atom. The largest absolute Gasteiger partial charge is 0.303 e. The normalized spacial score (nSPS) is 28.5. The highest BCUT2D eigenvalue weighted by molar-refractivity contribution is 6.18. The Bertz CT molecular complexity index is 379. The van der Waals surface area contributed by atoms with E-state index in [9.17, 15) is 0 Å². The Balaban J connectivity index is 1.98. The number of aromatic nitrogens is 3. The predicted octanol–water partition coefficient (Wildman–Crippen LogP) is 2.58. The minimum atomic E-state index is 0.0870. The zero-order chi connectivity index (χ0) is 13.0. The second-order valence-corrected chi connectivity index (χ2v) is 5.73. The molecule has 2 atom stereocenters. The molecule has 1 aliphatic rings. The van der Waals surface area contributed by atoms with Gasteiger partial charge in [-0.3, -0.25) is 0 Å². The van der Waals surface area contributed by atoms with E-state index in [0.717, 1.165) is 31.3 Å². The maximum Gasteiger partial charge on any atom is 0.140 e. The molecule has 0 radical (unpaired) electrons. The minimum absolute atomic E-state index is 0.0870. The van der Waals surface area contributed by atoms with Gasteiger partial charge < -0.3 is 5.32 Å². The molecular formula is C13H23ClN4. The Hall–Kier alpha value is -0.610. The van der Waals surface area contributed by atoms with E-state index in [4.69, 9.17) is 11.6 Å². The first-order valence-electron chi connectivity index (χ1n) is 6.87. The van der Waals surface area contributed by atoms with Gasteiger partial charge in [0.1, 0.15) is 12.2 Å². The number of nitrogens with zero attached hydrogens (tertiary/aromatic N) is 3. The molecule has 0 saturated heterocycles. The van der Waals surface area contributed by atoms with Gasteiger partial charge in [0.25, 0.3) is 0 Å². The van der Waals surface area contributed by atoms with Gasteiger partial charge in [-0.15, -0.1) is 11.6 Å². The first-order chi connectivity index (χ1) is 8.69. The molecule has 0 aromatic carbocycles. The first-order valence-corrected chi connectivity index (χ1v) is 7.40. The van der Waals surface area contributed by atoms with Crippen molar-refractivity contribution in [1.29, 1.82) is 0 Å². The summed E-state index contributed by atoms with van der Waals surface area (Å²) < 4.78 is 1.93. The maximum atomic E-state index is 6.21. The van der Waals surface area contributed by atoms with Crippen LogP contribution in [0.15, 0.2) is 6.33 Å². The second-order valence-electron chi connectivity index (χ2n) is 5.46. The van der Waals surface area contributed by atoms with Gasteiger partial charge in [0.05, 0.1) is 6.54 Å². The number of rotatable bonds is 5. The van der Waals surface area contributed by atoms with E-state index in [2.05, 4.69) is 29.2 Å². The monoisotopic (exact) mass is 270 g/mol. The first kappa shape index (κ1) is 13.8. The molecule has 102 valence electrons. The lowest BCUT2D eigenvalue weighted by molar-refractivity contribution is 0.205.